The lowest BCUT2D eigenvalue weighted by atomic mass is 10.1. The monoisotopic (exact) mass is 260 g/mol. The van der Waals surface area contributed by atoms with Crippen LogP contribution in [0.5, 0.6) is 0 Å². The summed E-state index contributed by atoms with van der Waals surface area (Å²) in [5.41, 5.74) is 0. The fraction of sp³-hybridized carbons (Fsp3) is 0.833. The molecular formula is C12H24N2O2S. The van der Waals surface area contributed by atoms with Crippen LogP contribution in [0.15, 0.2) is 0 Å². The maximum Gasteiger partial charge on any atom is 0.241 e. The van der Waals surface area contributed by atoms with Crippen molar-refractivity contribution in [2.45, 2.75) is 32.4 Å². The Bertz CT molecular complexity index is 267. The molecule has 100 valence electrons. The van der Waals surface area contributed by atoms with Gasteiger partial charge in [-0.2, -0.15) is 12.6 Å². The molecule has 0 aromatic carbocycles. The first-order valence-electron chi connectivity index (χ1n) is 5.98. The van der Waals surface area contributed by atoms with Crippen LogP contribution in [0.2, 0.25) is 0 Å². The fourth-order valence-corrected chi connectivity index (χ4v) is 1.48. The summed E-state index contributed by atoms with van der Waals surface area (Å²) in [4.78, 5) is 26.8. The highest BCUT2D eigenvalue weighted by atomic mass is 32.1. The van der Waals surface area contributed by atoms with Crippen LogP contribution in [-0.2, 0) is 9.59 Å². The summed E-state index contributed by atoms with van der Waals surface area (Å²) >= 11 is 4.31. The number of hydrogen-bond donors (Lipinski definition) is 1. The second kappa shape index (κ2) is 7.58. The predicted molar refractivity (Wildman–Crippen MR) is 73.2 cm³/mol. The largest absolute Gasteiger partial charge is 0.347 e. The summed E-state index contributed by atoms with van der Waals surface area (Å²) in [5, 5.41) is -0.337. The van der Waals surface area contributed by atoms with Gasteiger partial charge in [-0.3, -0.25) is 9.59 Å². The van der Waals surface area contributed by atoms with Gasteiger partial charge in [0.2, 0.25) is 11.8 Å². The standard InChI is InChI=1S/C12H24N2O2S/c1-6-7-14(8-10(15)13(4)5)12(16)11(17)9(2)3/h9,11,17H,6-8H2,1-5H3. The topological polar surface area (TPSA) is 40.6 Å². The Morgan fingerprint density at radius 1 is 1.24 bits per heavy atom. The van der Waals surface area contributed by atoms with Gasteiger partial charge in [-0.1, -0.05) is 20.8 Å². The second-order valence-corrected chi connectivity index (χ2v) is 5.29. The van der Waals surface area contributed by atoms with Crippen LogP contribution in [0.4, 0.5) is 0 Å². The van der Waals surface area contributed by atoms with E-state index in [0.717, 1.165) is 6.42 Å². The number of hydrogen-bond acceptors (Lipinski definition) is 3. The molecule has 0 radical (unpaired) electrons. The van der Waals surface area contributed by atoms with Crippen molar-refractivity contribution >= 4 is 24.4 Å². The molecule has 0 aliphatic heterocycles. The van der Waals surface area contributed by atoms with E-state index in [2.05, 4.69) is 12.6 Å². The molecule has 0 heterocycles. The number of amides is 2. The highest BCUT2D eigenvalue weighted by Gasteiger charge is 2.25. The molecule has 0 spiro atoms. The first-order chi connectivity index (χ1) is 7.81. The minimum Gasteiger partial charge on any atom is -0.347 e. The third-order valence-electron chi connectivity index (χ3n) is 2.51. The molecule has 4 nitrogen and oxygen atoms in total. The molecule has 0 bridgehead atoms. The third-order valence-corrected chi connectivity index (χ3v) is 3.33. The Kier molecular flexibility index (Phi) is 7.27. The highest BCUT2D eigenvalue weighted by molar-refractivity contribution is 7.81. The van der Waals surface area contributed by atoms with Gasteiger partial charge in [0.05, 0.1) is 11.8 Å². The molecule has 2 amide bonds. The van der Waals surface area contributed by atoms with Crippen molar-refractivity contribution in [2.75, 3.05) is 27.2 Å². The van der Waals surface area contributed by atoms with E-state index in [9.17, 15) is 9.59 Å². The van der Waals surface area contributed by atoms with Gasteiger partial charge < -0.3 is 9.80 Å². The van der Waals surface area contributed by atoms with E-state index in [4.69, 9.17) is 0 Å². The number of nitrogens with zero attached hydrogens (tertiary/aromatic N) is 2. The molecule has 1 atom stereocenters. The third kappa shape index (κ3) is 5.44. The minimum absolute atomic E-state index is 0.0552. The predicted octanol–water partition coefficient (Wildman–Crippen LogP) is 1.27. The van der Waals surface area contributed by atoms with Crippen molar-refractivity contribution < 1.29 is 9.59 Å². The zero-order valence-electron chi connectivity index (χ0n) is 11.4. The van der Waals surface area contributed by atoms with Crippen LogP contribution in [0.1, 0.15) is 27.2 Å². The zero-order valence-corrected chi connectivity index (χ0v) is 12.3. The van der Waals surface area contributed by atoms with Crippen LogP contribution in [0, 0.1) is 5.92 Å². The Hall–Kier alpha value is -0.710. The van der Waals surface area contributed by atoms with Crippen LogP contribution in [-0.4, -0.2) is 54.0 Å². The van der Waals surface area contributed by atoms with E-state index in [-0.39, 0.29) is 29.5 Å². The van der Waals surface area contributed by atoms with Gasteiger partial charge in [0.15, 0.2) is 0 Å². The summed E-state index contributed by atoms with van der Waals surface area (Å²) in [6.45, 7) is 6.63. The average molecular weight is 260 g/mol. The van der Waals surface area contributed by atoms with E-state index < -0.39 is 0 Å². The first kappa shape index (κ1) is 16.3. The lowest BCUT2D eigenvalue weighted by molar-refractivity contribution is -0.139. The molecule has 0 aliphatic carbocycles. The zero-order chi connectivity index (χ0) is 13.6. The Morgan fingerprint density at radius 2 is 1.76 bits per heavy atom. The van der Waals surface area contributed by atoms with E-state index in [1.807, 2.05) is 20.8 Å². The van der Waals surface area contributed by atoms with Crippen molar-refractivity contribution in [3.8, 4) is 0 Å². The molecule has 0 rings (SSSR count). The fourth-order valence-electron chi connectivity index (χ4n) is 1.31. The number of carbonyl (C=O) groups is 2. The molecule has 1 unspecified atom stereocenters. The van der Waals surface area contributed by atoms with Crippen molar-refractivity contribution in [3.05, 3.63) is 0 Å². The molecule has 0 aromatic heterocycles. The van der Waals surface area contributed by atoms with E-state index >= 15 is 0 Å². The number of thiol groups is 1. The van der Waals surface area contributed by atoms with E-state index in [0.29, 0.717) is 6.54 Å². The normalized spacial score (nSPS) is 12.4. The molecule has 5 heteroatoms. The highest BCUT2D eigenvalue weighted by Crippen LogP contribution is 2.13. The summed E-state index contributed by atoms with van der Waals surface area (Å²) in [6, 6.07) is 0. The van der Waals surface area contributed by atoms with Gasteiger partial charge >= 0.3 is 0 Å². The van der Waals surface area contributed by atoms with Crippen molar-refractivity contribution in [1.29, 1.82) is 0 Å². The van der Waals surface area contributed by atoms with Gasteiger partial charge in [-0.25, -0.2) is 0 Å². The summed E-state index contributed by atoms with van der Waals surface area (Å²) in [6.07, 6.45) is 0.838. The number of carbonyl (C=O) groups excluding carboxylic acids is 2. The smallest absolute Gasteiger partial charge is 0.241 e. The lowest BCUT2D eigenvalue weighted by Crippen LogP contribution is -2.45. The van der Waals surface area contributed by atoms with E-state index in [1.165, 1.54) is 4.90 Å². The summed E-state index contributed by atoms with van der Waals surface area (Å²) in [7, 11) is 3.38. The number of rotatable bonds is 6. The minimum atomic E-state index is -0.337. The maximum atomic E-state index is 12.1. The van der Waals surface area contributed by atoms with Crippen LogP contribution >= 0.6 is 12.6 Å². The molecular weight excluding hydrogens is 236 g/mol. The lowest BCUT2D eigenvalue weighted by Gasteiger charge is -2.27. The van der Waals surface area contributed by atoms with Crippen LogP contribution < -0.4 is 0 Å². The van der Waals surface area contributed by atoms with Gasteiger partial charge in [0, 0.05) is 20.6 Å². The molecule has 0 N–H and O–H groups in total. The SMILES string of the molecule is CCCN(CC(=O)N(C)C)C(=O)C(S)C(C)C. The summed E-state index contributed by atoms with van der Waals surface area (Å²) < 4.78 is 0. The van der Waals surface area contributed by atoms with E-state index in [1.54, 1.807) is 19.0 Å². The van der Waals surface area contributed by atoms with Crippen molar-refractivity contribution in [1.82, 2.24) is 9.80 Å². The molecule has 0 saturated carbocycles. The van der Waals surface area contributed by atoms with Crippen molar-refractivity contribution in [2.24, 2.45) is 5.92 Å². The first-order valence-corrected chi connectivity index (χ1v) is 6.49. The second-order valence-electron chi connectivity index (χ2n) is 4.74. The van der Waals surface area contributed by atoms with Crippen LogP contribution in [0.25, 0.3) is 0 Å². The van der Waals surface area contributed by atoms with Gasteiger partial charge in [0.25, 0.3) is 0 Å². The summed E-state index contributed by atoms with van der Waals surface area (Å²) in [5.74, 6) is 0.0520. The Balaban J connectivity index is 4.62. The van der Waals surface area contributed by atoms with Crippen LogP contribution in [0.3, 0.4) is 0 Å². The van der Waals surface area contributed by atoms with Gasteiger partial charge in [0.1, 0.15) is 0 Å². The van der Waals surface area contributed by atoms with Crippen molar-refractivity contribution in [3.63, 3.8) is 0 Å². The molecule has 0 saturated heterocycles. The Labute approximate surface area is 110 Å². The van der Waals surface area contributed by atoms with Gasteiger partial charge in [-0.15, -0.1) is 0 Å². The quantitative estimate of drug-likeness (QED) is 0.731. The molecule has 0 fully saturated rings. The average Bonchev–Trinajstić information content (AvgIpc) is 2.25. The van der Waals surface area contributed by atoms with Gasteiger partial charge in [-0.05, 0) is 12.3 Å². The number of likely N-dealkylation sites (N-methyl/N-ethyl adjacent to an activating group) is 1. The maximum absolute atomic E-state index is 12.1. The molecule has 0 aliphatic rings. The Morgan fingerprint density at radius 3 is 2.12 bits per heavy atom. The molecule has 17 heavy (non-hydrogen) atoms. The molecule has 0 aromatic rings.